The number of amides is 1. The highest BCUT2D eigenvalue weighted by atomic mass is 19.1. The third-order valence-corrected chi connectivity index (χ3v) is 1.61. The summed E-state index contributed by atoms with van der Waals surface area (Å²) in [4.78, 5) is 10.8. The zero-order chi connectivity index (χ0) is 7.61. The van der Waals surface area contributed by atoms with Crippen LogP contribution in [0, 0.1) is 0 Å². The quantitative estimate of drug-likeness (QED) is 0.560. The molecule has 10 heavy (non-hydrogen) atoms. The van der Waals surface area contributed by atoms with E-state index in [4.69, 9.17) is 4.74 Å². The van der Waals surface area contributed by atoms with Crippen molar-refractivity contribution in [3.63, 3.8) is 0 Å². The van der Waals surface area contributed by atoms with Gasteiger partial charge >= 0.3 is 0 Å². The first-order valence-corrected chi connectivity index (χ1v) is 3.18. The lowest BCUT2D eigenvalue weighted by Crippen LogP contribution is -2.42. The van der Waals surface area contributed by atoms with E-state index >= 15 is 0 Å². The Kier molecular flexibility index (Phi) is 1.89. The SMILES string of the molecule is CNC(=O)C1(F)CCOC1. The van der Waals surface area contributed by atoms with Crippen molar-refractivity contribution in [3.8, 4) is 0 Å². The number of carbonyl (C=O) groups excluding carboxylic acids is 1. The fraction of sp³-hybridized carbons (Fsp3) is 0.833. The summed E-state index contributed by atoms with van der Waals surface area (Å²) in [6.45, 7) is 0.233. The Labute approximate surface area is 58.5 Å². The van der Waals surface area contributed by atoms with Crippen molar-refractivity contribution in [2.75, 3.05) is 20.3 Å². The molecule has 1 atom stereocenters. The van der Waals surface area contributed by atoms with Crippen molar-refractivity contribution >= 4 is 5.91 Å². The van der Waals surface area contributed by atoms with Crippen LogP contribution in [0.15, 0.2) is 0 Å². The van der Waals surface area contributed by atoms with E-state index in [0.29, 0.717) is 6.61 Å². The maximum atomic E-state index is 13.2. The third kappa shape index (κ3) is 1.11. The van der Waals surface area contributed by atoms with Crippen molar-refractivity contribution in [1.82, 2.24) is 5.32 Å². The summed E-state index contributed by atoms with van der Waals surface area (Å²) in [6, 6.07) is 0. The molecule has 1 unspecified atom stereocenters. The van der Waals surface area contributed by atoms with Gasteiger partial charge in [-0.15, -0.1) is 0 Å². The molecule has 0 radical (unpaired) electrons. The first kappa shape index (κ1) is 7.47. The minimum Gasteiger partial charge on any atom is -0.377 e. The number of hydrogen-bond donors (Lipinski definition) is 1. The molecule has 0 spiro atoms. The van der Waals surface area contributed by atoms with Crippen LogP contribution in [0.3, 0.4) is 0 Å². The lowest BCUT2D eigenvalue weighted by atomic mass is 10.1. The highest BCUT2D eigenvalue weighted by molar-refractivity contribution is 5.85. The molecule has 4 heteroatoms. The monoisotopic (exact) mass is 147 g/mol. The Morgan fingerprint density at radius 3 is 2.90 bits per heavy atom. The van der Waals surface area contributed by atoms with E-state index in [1.807, 2.05) is 0 Å². The number of ether oxygens (including phenoxy) is 1. The van der Waals surface area contributed by atoms with Crippen molar-refractivity contribution in [3.05, 3.63) is 0 Å². The van der Waals surface area contributed by atoms with Crippen molar-refractivity contribution in [2.45, 2.75) is 12.1 Å². The Balaban J connectivity index is 2.58. The maximum Gasteiger partial charge on any atom is 0.259 e. The molecule has 0 saturated carbocycles. The second kappa shape index (κ2) is 2.54. The normalized spacial score (nSPS) is 32.2. The summed E-state index contributed by atoms with van der Waals surface area (Å²) in [5.74, 6) is -0.579. The number of nitrogens with one attached hydrogen (secondary N) is 1. The van der Waals surface area contributed by atoms with Crippen LogP contribution in [0.5, 0.6) is 0 Å². The molecule has 1 fully saturated rings. The molecule has 1 amide bonds. The number of alkyl halides is 1. The molecule has 3 nitrogen and oxygen atoms in total. The van der Waals surface area contributed by atoms with Gasteiger partial charge in [0.05, 0.1) is 13.2 Å². The van der Waals surface area contributed by atoms with Gasteiger partial charge in [0.25, 0.3) is 5.91 Å². The van der Waals surface area contributed by atoms with E-state index in [-0.39, 0.29) is 13.0 Å². The van der Waals surface area contributed by atoms with E-state index in [0.717, 1.165) is 0 Å². The van der Waals surface area contributed by atoms with Crippen LogP contribution in [-0.2, 0) is 9.53 Å². The highest BCUT2D eigenvalue weighted by Gasteiger charge is 2.41. The molecule has 1 heterocycles. The van der Waals surface area contributed by atoms with E-state index in [2.05, 4.69) is 5.32 Å². The number of carbonyl (C=O) groups is 1. The van der Waals surface area contributed by atoms with Crippen LogP contribution in [0.2, 0.25) is 0 Å². The van der Waals surface area contributed by atoms with Crippen LogP contribution in [0.1, 0.15) is 6.42 Å². The fourth-order valence-electron chi connectivity index (χ4n) is 0.943. The minimum atomic E-state index is -1.77. The van der Waals surface area contributed by atoms with Gasteiger partial charge in [-0.25, -0.2) is 4.39 Å². The molecule has 1 rings (SSSR count). The van der Waals surface area contributed by atoms with Gasteiger partial charge in [0.2, 0.25) is 5.67 Å². The lowest BCUT2D eigenvalue weighted by Gasteiger charge is -2.13. The molecule has 0 bridgehead atoms. The maximum absolute atomic E-state index is 13.2. The first-order chi connectivity index (χ1) is 4.69. The average Bonchev–Trinajstić information content (AvgIpc) is 2.36. The summed E-state index contributed by atoms with van der Waals surface area (Å²) < 4.78 is 17.9. The molecular formula is C6H10FNO2. The predicted molar refractivity (Wildman–Crippen MR) is 33.3 cm³/mol. The molecule has 1 saturated heterocycles. The Morgan fingerprint density at radius 1 is 1.80 bits per heavy atom. The smallest absolute Gasteiger partial charge is 0.259 e. The summed E-state index contributed by atoms with van der Waals surface area (Å²) in [7, 11) is 1.42. The number of hydrogen-bond acceptors (Lipinski definition) is 2. The molecule has 0 aromatic heterocycles. The Morgan fingerprint density at radius 2 is 2.50 bits per heavy atom. The molecule has 0 aliphatic carbocycles. The van der Waals surface area contributed by atoms with Gasteiger partial charge in [0.15, 0.2) is 0 Å². The first-order valence-electron chi connectivity index (χ1n) is 3.18. The second-order valence-electron chi connectivity index (χ2n) is 2.35. The fourth-order valence-corrected chi connectivity index (χ4v) is 0.943. The Hall–Kier alpha value is -0.640. The lowest BCUT2D eigenvalue weighted by molar-refractivity contribution is -0.132. The van der Waals surface area contributed by atoms with Gasteiger partial charge in [0.1, 0.15) is 0 Å². The summed E-state index contributed by atoms with van der Waals surface area (Å²) in [5, 5.41) is 2.25. The average molecular weight is 147 g/mol. The molecule has 0 aromatic carbocycles. The molecule has 58 valence electrons. The largest absolute Gasteiger partial charge is 0.377 e. The standard InChI is InChI=1S/C6H10FNO2/c1-8-5(9)6(7)2-3-10-4-6/h2-4H2,1H3,(H,8,9). The molecule has 0 aromatic rings. The van der Waals surface area contributed by atoms with Gasteiger partial charge in [-0.05, 0) is 0 Å². The number of rotatable bonds is 1. The molecule has 1 N–H and O–H groups in total. The van der Waals surface area contributed by atoms with Crippen molar-refractivity contribution in [2.24, 2.45) is 0 Å². The van der Waals surface area contributed by atoms with Crippen LogP contribution in [-0.4, -0.2) is 31.8 Å². The van der Waals surface area contributed by atoms with Crippen LogP contribution < -0.4 is 5.32 Å². The predicted octanol–water partition coefficient (Wildman–Crippen LogP) is -0.139. The Bertz CT molecular complexity index is 143. The van der Waals surface area contributed by atoms with Gasteiger partial charge < -0.3 is 10.1 Å². The van der Waals surface area contributed by atoms with E-state index in [9.17, 15) is 9.18 Å². The van der Waals surface area contributed by atoms with Crippen LogP contribution in [0.25, 0.3) is 0 Å². The van der Waals surface area contributed by atoms with Gasteiger partial charge in [-0.2, -0.15) is 0 Å². The van der Waals surface area contributed by atoms with Gasteiger partial charge in [-0.3, -0.25) is 4.79 Å². The highest BCUT2D eigenvalue weighted by Crippen LogP contribution is 2.22. The zero-order valence-corrected chi connectivity index (χ0v) is 5.82. The molecule has 1 aliphatic heterocycles. The second-order valence-corrected chi connectivity index (χ2v) is 2.35. The van der Waals surface area contributed by atoms with Gasteiger partial charge in [-0.1, -0.05) is 0 Å². The summed E-state index contributed by atoms with van der Waals surface area (Å²) >= 11 is 0. The van der Waals surface area contributed by atoms with E-state index < -0.39 is 11.6 Å². The molecule has 1 aliphatic rings. The van der Waals surface area contributed by atoms with Gasteiger partial charge in [0, 0.05) is 13.5 Å². The zero-order valence-electron chi connectivity index (χ0n) is 5.82. The van der Waals surface area contributed by atoms with Crippen molar-refractivity contribution in [1.29, 1.82) is 0 Å². The van der Waals surface area contributed by atoms with E-state index in [1.165, 1.54) is 7.05 Å². The van der Waals surface area contributed by atoms with Crippen LogP contribution in [0.4, 0.5) is 4.39 Å². The van der Waals surface area contributed by atoms with Crippen LogP contribution >= 0.6 is 0 Å². The topological polar surface area (TPSA) is 38.3 Å². The minimum absolute atomic E-state index is 0.104. The summed E-state index contributed by atoms with van der Waals surface area (Å²) in [5.41, 5.74) is -1.77. The molecular weight excluding hydrogens is 137 g/mol. The van der Waals surface area contributed by atoms with E-state index in [1.54, 1.807) is 0 Å². The number of halogens is 1. The van der Waals surface area contributed by atoms with Crippen molar-refractivity contribution < 1.29 is 13.9 Å². The third-order valence-electron chi connectivity index (χ3n) is 1.61. The summed E-state index contributed by atoms with van der Waals surface area (Å²) in [6.07, 6.45) is 0.173.